The number of primary amides is 1. The fraction of sp³-hybridized carbons (Fsp3) is 0.400. The summed E-state index contributed by atoms with van der Waals surface area (Å²) in [6, 6.07) is 0. The number of aromatic amines is 1. The Morgan fingerprint density at radius 3 is 2.54 bits per heavy atom. The number of nitrogens with two attached hydrogens (primary N) is 1. The maximum Gasteiger partial charge on any atom is 0.339 e. The Balaban J connectivity index is 2.11. The van der Waals surface area contributed by atoms with Crippen LogP contribution in [0.4, 0.5) is 0 Å². The van der Waals surface area contributed by atoms with Gasteiger partial charge in [-0.3, -0.25) is 9.59 Å². The fourth-order valence-corrected chi connectivity index (χ4v) is 5.21. The lowest BCUT2D eigenvalue weighted by Crippen LogP contribution is -2.15. The summed E-state index contributed by atoms with van der Waals surface area (Å²) in [6.07, 6.45) is 0. The number of rotatable bonds is 8. The molecule has 0 aliphatic heterocycles. The normalized spacial score (nSPS) is 12.0. The highest BCUT2D eigenvalue weighted by molar-refractivity contribution is 8.04. The van der Waals surface area contributed by atoms with Crippen molar-refractivity contribution in [1.82, 2.24) is 15.2 Å². The highest BCUT2D eigenvalue weighted by Crippen LogP contribution is 2.33. The van der Waals surface area contributed by atoms with Gasteiger partial charge >= 0.3 is 5.97 Å². The van der Waals surface area contributed by atoms with E-state index >= 15 is 0 Å². The van der Waals surface area contributed by atoms with Crippen LogP contribution in [-0.4, -0.2) is 51.0 Å². The molecule has 0 saturated carbocycles. The Kier molecular flexibility index (Phi) is 6.84. The number of aryl methyl sites for hydroxylation is 1. The second-order valence-electron chi connectivity index (χ2n) is 5.33. The zero-order valence-corrected chi connectivity index (χ0v) is 17.1. The number of ketones is 1. The minimum absolute atomic E-state index is 0.130. The zero-order chi connectivity index (χ0) is 19.4. The van der Waals surface area contributed by atoms with Gasteiger partial charge in [0, 0.05) is 5.69 Å². The van der Waals surface area contributed by atoms with E-state index in [1.165, 1.54) is 42.0 Å². The summed E-state index contributed by atoms with van der Waals surface area (Å²) in [6.45, 7) is 5.20. The average molecular weight is 415 g/mol. The van der Waals surface area contributed by atoms with E-state index in [2.05, 4.69) is 15.2 Å². The number of hydrogen-bond acceptors (Lipinski definition) is 9. The molecule has 2 rings (SSSR count). The molecular weight excluding hydrogens is 396 g/mol. The predicted molar refractivity (Wildman–Crippen MR) is 101 cm³/mol. The SMILES string of the molecule is COC(=O)c1c(C)[nH]c(C(=O)C(C)Sc2nnc(SCC(N)=O)s2)c1C. The van der Waals surface area contributed by atoms with Gasteiger partial charge in [-0.2, -0.15) is 0 Å². The first-order valence-corrected chi connectivity index (χ1v) is 10.2. The topological polar surface area (TPSA) is 128 Å². The second kappa shape index (κ2) is 8.69. The molecule has 11 heteroatoms. The van der Waals surface area contributed by atoms with Gasteiger partial charge in [-0.05, 0) is 26.3 Å². The molecule has 1 unspecified atom stereocenters. The van der Waals surface area contributed by atoms with Gasteiger partial charge in [0.1, 0.15) is 0 Å². The van der Waals surface area contributed by atoms with E-state index in [9.17, 15) is 14.4 Å². The molecule has 3 N–H and O–H groups in total. The standard InChI is InChI=1S/C15H18N4O4S3/c1-6-10(13(22)23-4)7(2)17-11(6)12(21)8(3)25-15-19-18-14(26-15)24-5-9(16)20/h8,17H,5H2,1-4H3,(H2,16,20). The number of thioether (sulfide) groups is 2. The summed E-state index contributed by atoms with van der Waals surface area (Å²) in [7, 11) is 1.30. The van der Waals surface area contributed by atoms with Crippen molar-refractivity contribution < 1.29 is 19.1 Å². The van der Waals surface area contributed by atoms with E-state index < -0.39 is 17.1 Å². The molecule has 1 amide bonds. The van der Waals surface area contributed by atoms with Gasteiger partial charge in [0.15, 0.2) is 14.5 Å². The van der Waals surface area contributed by atoms with Gasteiger partial charge in [-0.15, -0.1) is 10.2 Å². The Morgan fingerprint density at radius 2 is 1.92 bits per heavy atom. The number of amides is 1. The summed E-state index contributed by atoms with van der Waals surface area (Å²) >= 11 is 3.77. The van der Waals surface area contributed by atoms with E-state index in [4.69, 9.17) is 10.5 Å². The molecule has 0 spiro atoms. The van der Waals surface area contributed by atoms with Gasteiger partial charge in [-0.1, -0.05) is 34.9 Å². The second-order valence-corrected chi connectivity index (χ2v) is 9.12. The Hall–Kier alpha value is -1.85. The number of hydrogen-bond donors (Lipinski definition) is 2. The number of ether oxygens (including phenoxy) is 1. The van der Waals surface area contributed by atoms with E-state index in [0.717, 1.165) is 0 Å². The number of carbonyl (C=O) groups excluding carboxylic acids is 3. The lowest BCUT2D eigenvalue weighted by atomic mass is 10.1. The molecule has 8 nitrogen and oxygen atoms in total. The van der Waals surface area contributed by atoms with Crippen LogP contribution in [0.15, 0.2) is 8.68 Å². The van der Waals surface area contributed by atoms with Crippen molar-refractivity contribution in [1.29, 1.82) is 0 Å². The first-order valence-electron chi connectivity index (χ1n) is 7.47. The third-order valence-electron chi connectivity index (χ3n) is 3.45. The Labute approximate surface area is 162 Å². The average Bonchev–Trinajstić information content (AvgIpc) is 3.15. The number of aromatic nitrogens is 3. The number of methoxy groups -OCH3 is 1. The summed E-state index contributed by atoms with van der Waals surface area (Å²) in [4.78, 5) is 38.4. The maximum absolute atomic E-state index is 12.8. The third-order valence-corrected chi connectivity index (χ3v) is 6.71. The number of carbonyl (C=O) groups is 3. The molecule has 0 aliphatic rings. The van der Waals surface area contributed by atoms with Crippen molar-refractivity contribution in [2.45, 2.75) is 34.7 Å². The highest BCUT2D eigenvalue weighted by atomic mass is 32.2. The summed E-state index contributed by atoms with van der Waals surface area (Å²) in [5.74, 6) is -0.921. The highest BCUT2D eigenvalue weighted by Gasteiger charge is 2.26. The van der Waals surface area contributed by atoms with Crippen molar-refractivity contribution in [2.24, 2.45) is 5.73 Å². The molecular formula is C15H18N4O4S3. The van der Waals surface area contributed by atoms with Crippen LogP contribution in [0.1, 0.15) is 39.0 Å². The third kappa shape index (κ3) is 4.65. The van der Waals surface area contributed by atoms with Crippen LogP contribution >= 0.6 is 34.9 Å². The van der Waals surface area contributed by atoms with Gasteiger partial charge in [-0.25, -0.2) is 4.79 Å². The summed E-state index contributed by atoms with van der Waals surface area (Å²) < 4.78 is 6.00. The van der Waals surface area contributed by atoms with Gasteiger partial charge in [0.05, 0.1) is 29.4 Å². The van der Waals surface area contributed by atoms with Crippen LogP contribution in [-0.2, 0) is 9.53 Å². The van der Waals surface area contributed by atoms with Crippen LogP contribution in [0.25, 0.3) is 0 Å². The molecule has 0 aliphatic carbocycles. The van der Waals surface area contributed by atoms with Crippen molar-refractivity contribution in [3.63, 3.8) is 0 Å². The van der Waals surface area contributed by atoms with Gasteiger partial charge < -0.3 is 15.5 Å². The molecule has 26 heavy (non-hydrogen) atoms. The van der Waals surface area contributed by atoms with Crippen LogP contribution in [0.5, 0.6) is 0 Å². The quantitative estimate of drug-likeness (QED) is 0.382. The van der Waals surface area contributed by atoms with E-state index in [0.29, 0.717) is 31.2 Å². The molecule has 2 aromatic heterocycles. The van der Waals surface area contributed by atoms with Crippen LogP contribution in [0.3, 0.4) is 0 Å². The molecule has 0 aromatic carbocycles. The van der Waals surface area contributed by atoms with Crippen molar-refractivity contribution in [3.8, 4) is 0 Å². The Morgan fingerprint density at radius 1 is 1.27 bits per heavy atom. The van der Waals surface area contributed by atoms with Gasteiger partial charge in [0.25, 0.3) is 0 Å². The molecule has 140 valence electrons. The monoisotopic (exact) mass is 414 g/mol. The maximum atomic E-state index is 12.8. The number of nitrogens with one attached hydrogen (secondary N) is 1. The van der Waals surface area contributed by atoms with Crippen LogP contribution in [0, 0.1) is 13.8 Å². The number of esters is 1. The molecule has 0 bridgehead atoms. The van der Waals surface area contributed by atoms with Crippen LogP contribution in [0.2, 0.25) is 0 Å². The molecule has 0 fully saturated rings. The predicted octanol–water partition coefficient (Wildman–Crippen LogP) is 2.21. The van der Waals surface area contributed by atoms with Gasteiger partial charge in [0.2, 0.25) is 5.91 Å². The minimum atomic E-state index is -0.476. The molecule has 0 radical (unpaired) electrons. The largest absolute Gasteiger partial charge is 0.465 e. The lowest BCUT2D eigenvalue weighted by Gasteiger charge is -2.07. The minimum Gasteiger partial charge on any atom is -0.465 e. The van der Waals surface area contributed by atoms with E-state index in [-0.39, 0.29) is 11.5 Å². The summed E-state index contributed by atoms with van der Waals surface area (Å²) in [5.41, 5.74) is 7.03. The summed E-state index contributed by atoms with van der Waals surface area (Å²) in [5, 5.41) is 7.55. The number of Topliss-reactive ketones (excluding diaryl/α,β-unsaturated/α-hetero) is 1. The molecule has 1 atom stereocenters. The van der Waals surface area contributed by atoms with Crippen molar-refractivity contribution in [3.05, 3.63) is 22.5 Å². The lowest BCUT2D eigenvalue weighted by molar-refractivity contribution is -0.115. The van der Waals surface area contributed by atoms with Crippen molar-refractivity contribution >= 4 is 52.5 Å². The molecule has 2 aromatic rings. The van der Waals surface area contributed by atoms with E-state index in [1.807, 2.05) is 0 Å². The Bertz CT molecular complexity index is 846. The number of H-pyrrole nitrogens is 1. The zero-order valence-electron chi connectivity index (χ0n) is 14.6. The molecule has 0 saturated heterocycles. The molecule has 2 heterocycles. The van der Waals surface area contributed by atoms with E-state index in [1.54, 1.807) is 20.8 Å². The first-order chi connectivity index (χ1) is 12.2. The van der Waals surface area contributed by atoms with Crippen LogP contribution < -0.4 is 5.73 Å². The smallest absolute Gasteiger partial charge is 0.339 e. The fourth-order valence-electron chi connectivity index (χ4n) is 2.25. The first kappa shape index (κ1) is 20.5. The number of nitrogens with zero attached hydrogens (tertiary/aromatic N) is 2. The van der Waals surface area contributed by atoms with Crippen molar-refractivity contribution in [2.75, 3.05) is 12.9 Å².